The van der Waals surface area contributed by atoms with E-state index in [1.807, 2.05) is 0 Å². The molecule has 1 heterocycles. The van der Waals surface area contributed by atoms with Crippen molar-refractivity contribution in [3.63, 3.8) is 0 Å². The van der Waals surface area contributed by atoms with Crippen LogP contribution in [0.2, 0.25) is 0 Å². The summed E-state index contributed by atoms with van der Waals surface area (Å²) in [5, 5.41) is 11.7. The van der Waals surface area contributed by atoms with Crippen molar-refractivity contribution in [3.05, 3.63) is 47.8 Å². The van der Waals surface area contributed by atoms with Crippen LogP contribution in [0.4, 0.5) is 15.8 Å². The van der Waals surface area contributed by atoms with Crippen LogP contribution in [0.1, 0.15) is 5.56 Å². The second-order valence-electron chi connectivity index (χ2n) is 4.69. The summed E-state index contributed by atoms with van der Waals surface area (Å²) < 4.78 is 14.8. The SMILES string of the molecule is Cc1cc(F)ccc1-n1nnnc1-c1ccc(N)cc1N. The van der Waals surface area contributed by atoms with Gasteiger partial charge in [-0.3, -0.25) is 0 Å². The molecule has 0 aliphatic heterocycles. The number of benzene rings is 2. The number of halogens is 1. The average molecular weight is 284 g/mol. The van der Waals surface area contributed by atoms with Crippen LogP contribution < -0.4 is 11.5 Å². The van der Waals surface area contributed by atoms with E-state index in [4.69, 9.17) is 11.5 Å². The molecule has 7 heteroatoms. The molecule has 106 valence electrons. The molecule has 3 rings (SSSR count). The highest BCUT2D eigenvalue weighted by atomic mass is 19.1. The molecule has 2 aromatic carbocycles. The molecule has 0 amide bonds. The summed E-state index contributed by atoms with van der Waals surface area (Å²) in [5.41, 5.74) is 14.8. The van der Waals surface area contributed by atoms with Gasteiger partial charge in [0.05, 0.1) is 5.69 Å². The Morgan fingerprint density at radius 2 is 1.90 bits per heavy atom. The molecule has 0 atom stereocenters. The Hall–Kier alpha value is -2.96. The van der Waals surface area contributed by atoms with Gasteiger partial charge in [-0.2, -0.15) is 4.68 Å². The number of tetrazole rings is 1. The largest absolute Gasteiger partial charge is 0.399 e. The second-order valence-corrected chi connectivity index (χ2v) is 4.69. The van der Waals surface area contributed by atoms with Gasteiger partial charge in [0.2, 0.25) is 0 Å². The molecular weight excluding hydrogens is 271 g/mol. The van der Waals surface area contributed by atoms with Crippen LogP contribution in [0.5, 0.6) is 0 Å². The van der Waals surface area contributed by atoms with Gasteiger partial charge >= 0.3 is 0 Å². The van der Waals surface area contributed by atoms with Crippen LogP contribution in [0.3, 0.4) is 0 Å². The number of nitrogens with zero attached hydrogens (tertiary/aromatic N) is 4. The van der Waals surface area contributed by atoms with Crippen LogP contribution in [-0.2, 0) is 0 Å². The van der Waals surface area contributed by atoms with E-state index in [2.05, 4.69) is 15.5 Å². The topological polar surface area (TPSA) is 95.6 Å². The summed E-state index contributed by atoms with van der Waals surface area (Å²) in [7, 11) is 0. The Bertz CT molecular complexity index is 745. The van der Waals surface area contributed by atoms with Crippen LogP contribution in [0, 0.1) is 12.7 Å². The lowest BCUT2D eigenvalue weighted by molar-refractivity contribution is 0.625. The summed E-state index contributed by atoms with van der Waals surface area (Å²) in [4.78, 5) is 0. The van der Waals surface area contributed by atoms with Crippen molar-refractivity contribution in [2.45, 2.75) is 6.92 Å². The van der Waals surface area contributed by atoms with E-state index in [-0.39, 0.29) is 5.82 Å². The number of aryl methyl sites for hydroxylation is 1. The van der Waals surface area contributed by atoms with Crippen molar-refractivity contribution in [2.75, 3.05) is 11.5 Å². The van der Waals surface area contributed by atoms with E-state index in [0.29, 0.717) is 28.5 Å². The minimum absolute atomic E-state index is 0.308. The van der Waals surface area contributed by atoms with E-state index >= 15 is 0 Å². The molecule has 4 N–H and O–H groups in total. The van der Waals surface area contributed by atoms with Crippen molar-refractivity contribution >= 4 is 11.4 Å². The second kappa shape index (κ2) is 4.86. The minimum atomic E-state index is -0.308. The molecule has 0 aliphatic carbocycles. The third-order valence-electron chi connectivity index (χ3n) is 3.17. The molecule has 0 unspecified atom stereocenters. The van der Waals surface area contributed by atoms with Crippen molar-refractivity contribution in [2.24, 2.45) is 0 Å². The van der Waals surface area contributed by atoms with Crippen LogP contribution in [0.25, 0.3) is 17.1 Å². The third-order valence-corrected chi connectivity index (χ3v) is 3.17. The first-order valence-electron chi connectivity index (χ1n) is 6.26. The van der Waals surface area contributed by atoms with Crippen molar-refractivity contribution in [3.8, 4) is 17.1 Å². The Labute approximate surface area is 120 Å². The number of nitrogens with two attached hydrogens (primary N) is 2. The maximum atomic E-state index is 13.2. The van der Waals surface area contributed by atoms with E-state index in [1.165, 1.54) is 16.8 Å². The quantitative estimate of drug-likeness (QED) is 0.701. The summed E-state index contributed by atoms with van der Waals surface area (Å²) in [6, 6.07) is 9.53. The molecule has 0 saturated carbocycles. The predicted molar refractivity (Wildman–Crippen MR) is 78.1 cm³/mol. The molecule has 0 aliphatic rings. The smallest absolute Gasteiger partial charge is 0.189 e. The van der Waals surface area contributed by atoms with E-state index in [1.54, 1.807) is 31.2 Å². The Morgan fingerprint density at radius 3 is 2.62 bits per heavy atom. The molecule has 1 aromatic heterocycles. The average Bonchev–Trinajstić information content (AvgIpc) is 2.87. The summed E-state index contributed by atoms with van der Waals surface area (Å²) in [6.07, 6.45) is 0. The lowest BCUT2D eigenvalue weighted by Crippen LogP contribution is -2.04. The zero-order valence-electron chi connectivity index (χ0n) is 11.3. The zero-order valence-corrected chi connectivity index (χ0v) is 11.3. The summed E-state index contributed by atoms with van der Waals surface area (Å²) >= 11 is 0. The van der Waals surface area contributed by atoms with Crippen LogP contribution >= 0.6 is 0 Å². The van der Waals surface area contributed by atoms with Crippen LogP contribution in [0.15, 0.2) is 36.4 Å². The van der Waals surface area contributed by atoms with Gasteiger partial charge in [-0.05, 0) is 59.3 Å². The van der Waals surface area contributed by atoms with Crippen molar-refractivity contribution < 1.29 is 4.39 Å². The molecule has 0 spiro atoms. The number of aromatic nitrogens is 4. The third kappa shape index (κ3) is 2.29. The van der Waals surface area contributed by atoms with Gasteiger partial charge < -0.3 is 11.5 Å². The monoisotopic (exact) mass is 284 g/mol. The molecule has 6 nitrogen and oxygen atoms in total. The maximum Gasteiger partial charge on any atom is 0.189 e. The Kier molecular flexibility index (Phi) is 3.02. The summed E-state index contributed by atoms with van der Waals surface area (Å²) in [5.74, 6) is 0.167. The highest BCUT2D eigenvalue weighted by Crippen LogP contribution is 2.27. The lowest BCUT2D eigenvalue weighted by Gasteiger charge is -2.09. The van der Waals surface area contributed by atoms with E-state index < -0.39 is 0 Å². The molecule has 0 bridgehead atoms. The number of rotatable bonds is 2. The molecule has 0 fully saturated rings. The molecule has 0 radical (unpaired) electrons. The minimum Gasteiger partial charge on any atom is -0.399 e. The highest BCUT2D eigenvalue weighted by Gasteiger charge is 2.15. The van der Waals surface area contributed by atoms with Gasteiger partial charge in [-0.25, -0.2) is 4.39 Å². The number of hydrogen-bond donors (Lipinski definition) is 2. The first kappa shape index (κ1) is 13.0. The summed E-state index contributed by atoms with van der Waals surface area (Å²) in [6.45, 7) is 1.79. The van der Waals surface area contributed by atoms with Crippen molar-refractivity contribution in [1.29, 1.82) is 0 Å². The van der Waals surface area contributed by atoms with Crippen LogP contribution in [-0.4, -0.2) is 20.2 Å². The van der Waals surface area contributed by atoms with Gasteiger partial charge in [-0.1, -0.05) is 0 Å². The highest BCUT2D eigenvalue weighted by molar-refractivity contribution is 5.75. The Balaban J connectivity index is 2.17. The molecule has 0 saturated heterocycles. The van der Waals surface area contributed by atoms with E-state index in [9.17, 15) is 4.39 Å². The fourth-order valence-electron chi connectivity index (χ4n) is 2.16. The fourth-order valence-corrected chi connectivity index (χ4v) is 2.16. The normalized spacial score (nSPS) is 10.8. The number of hydrogen-bond acceptors (Lipinski definition) is 5. The Morgan fingerprint density at radius 1 is 1.10 bits per heavy atom. The molecular formula is C14H13FN6. The standard InChI is InChI=1S/C14H13FN6/c1-8-6-9(15)2-5-13(8)21-14(18-19-20-21)11-4-3-10(16)7-12(11)17/h2-7H,16-17H2,1H3. The van der Waals surface area contributed by atoms with E-state index in [0.717, 1.165) is 5.56 Å². The van der Waals surface area contributed by atoms with Gasteiger partial charge in [-0.15, -0.1) is 5.10 Å². The zero-order chi connectivity index (χ0) is 15.0. The molecule has 21 heavy (non-hydrogen) atoms. The number of nitrogen functional groups attached to an aromatic ring is 2. The van der Waals surface area contributed by atoms with Gasteiger partial charge in [0.25, 0.3) is 0 Å². The molecule has 3 aromatic rings. The van der Waals surface area contributed by atoms with Gasteiger partial charge in [0, 0.05) is 16.9 Å². The predicted octanol–water partition coefficient (Wildman–Crippen LogP) is 1.94. The van der Waals surface area contributed by atoms with Gasteiger partial charge in [0.15, 0.2) is 5.82 Å². The first-order chi connectivity index (χ1) is 10.1. The van der Waals surface area contributed by atoms with Crippen molar-refractivity contribution in [1.82, 2.24) is 20.2 Å². The fraction of sp³-hybridized carbons (Fsp3) is 0.0714. The number of anilines is 2. The first-order valence-corrected chi connectivity index (χ1v) is 6.26. The van der Waals surface area contributed by atoms with Gasteiger partial charge in [0.1, 0.15) is 5.82 Å². The lowest BCUT2D eigenvalue weighted by atomic mass is 10.1. The maximum absolute atomic E-state index is 13.2.